The number of hydrogen-bond donors (Lipinski definition) is 0. The lowest BCUT2D eigenvalue weighted by molar-refractivity contribution is 0.104. The van der Waals surface area contributed by atoms with Crippen LogP contribution in [-0.2, 0) is 6.54 Å². The normalized spacial score (nSPS) is 11.2. The Morgan fingerprint density at radius 2 is 2.12 bits per heavy atom. The lowest BCUT2D eigenvalue weighted by atomic mass is 10.1. The molecule has 0 radical (unpaired) electrons. The van der Waals surface area contributed by atoms with Gasteiger partial charge in [0.1, 0.15) is 11.6 Å². The van der Waals surface area contributed by atoms with E-state index >= 15 is 0 Å². The van der Waals surface area contributed by atoms with Gasteiger partial charge < -0.3 is 0 Å². The number of nitrogens with zero attached hydrogens (tertiary/aromatic N) is 3. The maximum absolute atomic E-state index is 12.5. The van der Waals surface area contributed by atoms with Gasteiger partial charge in [0.25, 0.3) is 0 Å². The minimum absolute atomic E-state index is 0.125. The highest BCUT2D eigenvalue weighted by Gasteiger charge is 2.16. The summed E-state index contributed by atoms with van der Waals surface area (Å²) < 4.78 is 1.79. The van der Waals surface area contributed by atoms with E-state index in [2.05, 4.69) is 5.10 Å². The first-order valence-electron chi connectivity index (χ1n) is 7.44. The van der Waals surface area contributed by atoms with E-state index in [0.717, 1.165) is 16.7 Å². The highest BCUT2D eigenvalue weighted by atomic mass is 32.1. The number of Topliss-reactive ketones (excluding diaryl/α,β-unsaturated/α-hetero) is 1. The van der Waals surface area contributed by atoms with E-state index < -0.39 is 0 Å². The fourth-order valence-electron chi connectivity index (χ4n) is 2.35. The van der Waals surface area contributed by atoms with Gasteiger partial charge in [0.2, 0.25) is 5.78 Å². The Bertz CT molecular complexity index is 929. The monoisotopic (exact) mass is 333 g/mol. The molecule has 0 aliphatic rings. The smallest absolute Gasteiger partial charge is 0.213 e. The zero-order valence-electron chi connectivity index (χ0n) is 13.1. The van der Waals surface area contributed by atoms with Crippen LogP contribution in [0.1, 0.15) is 26.4 Å². The van der Waals surface area contributed by atoms with E-state index in [9.17, 15) is 10.1 Å². The summed E-state index contributed by atoms with van der Waals surface area (Å²) in [5.41, 5.74) is 2.90. The molecule has 0 fully saturated rings. The van der Waals surface area contributed by atoms with Gasteiger partial charge in [-0.25, -0.2) is 0 Å². The Morgan fingerprint density at radius 3 is 2.79 bits per heavy atom. The molecule has 3 aromatic rings. The number of rotatable bonds is 5. The molecule has 0 amide bonds. The maximum atomic E-state index is 12.5. The predicted octanol–water partition coefficient (Wildman–Crippen LogP) is 4.09. The Hall–Kier alpha value is -2.97. The topological polar surface area (TPSA) is 58.7 Å². The van der Waals surface area contributed by atoms with Crippen LogP contribution in [0.25, 0.3) is 6.08 Å². The lowest BCUT2D eigenvalue weighted by Crippen LogP contribution is -2.01. The van der Waals surface area contributed by atoms with E-state index in [0.29, 0.717) is 11.4 Å². The van der Waals surface area contributed by atoms with Crippen LogP contribution in [0.2, 0.25) is 0 Å². The Morgan fingerprint density at radius 1 is 1.33 bits per heavy atom. The van der Waals surface area contributed by atoms with Crippen LogP contribution in [-0.4, -0.2) is 15.6 Å². The van der Waals surface area contributed by atoms with Crippen LogP contribution in [0.5, 0.6) is 0 Å². The second kappa shape index (κ2) is 7.07. The van der Waals surface area contributed by atoms with Crippen LogP contribution in [0.4, 0.5) is 0 Å². The molecule has 3 rings (SSSR count). The summed E-state index contributed by atoms with van der Waals surface area (Å²) in [6.45, 7) is 2.52. The molecule has 0 aliphatic carbocycles. The highest BCUT2D eigenvalue weighted by Crippen LogP contribution is 2.20. The van der Waals surface area contributed by atoms with E-state index in [1.54, 1.807) is 17.0 Å². The number of thiophene rings is 1. The van der Waals surface area contributed by atoms with Crippen molar-refractivity contribution in [2.75, 3.05) is 0 Å². The Balaban J connectivity index is 1.81. The number of carbonyl (C=O) groups is 1. The molecule has 0 unspecified atom stereocenters. The summed E-state index contributed by atoms with van der Waals surface area (Å²) in [7, 11) is 0. The molecule has 118 valence electrons. The third kappa shape index (κ3) is 3.50. The largest absolute Gasteiger partial charge is 0.287 e. The number of carbonyl (C=O) groups excluding carboxylic acids is 1. The second-order valence-electron chi connectivity index (χ2n) is 5.39. The van der Waals surface area contributed by atoms with E-state index in [4.69, 9.17) is 0 Å². The molecular formula is C19H15N3OS. The molecule has 4 nitrogen and oxygen atoms in total. The third-order valence-electron chi connectivity index (χ3n) is 3.59. The summed E-state index contributed by atoms with van der Waals surface area (Å²) in [5, 5.41) is 15.5. The van der Waals surface area contributed by atoms with E-state index in [1.807, 2.05) is 61.0 Å². The zero-order valence-corrected chi connectivity index (χ0v) is 14.0. The molecule has 0 aliphatic heterocycles. The van der Waals surface area contributed by atoms with Crippen molar-refractivity contribution in [3.8, 4) is 6.07 Å². The van der Waals surface area contributed by atoms with Crippen molar-refractivity contribution < 1.29 is 4.79 Å². The van der Waals surface area contributed by atoms with E-state index in [-0.39, 0.29) is 11.4 Å². The Labute approximate surface area is 144 Å². The van der Waals surface area contributed by atoms with Crippen molar-refractivity contribution in [3.63, 3.8) is 0 Å². The first-order valence-corrected chi connectivity index (χ1v) is 8.32. The van der Waals surface area contributed by atoms with Gasteiger partial charge in [0.05, 0.1) is 17.6 Å². The van der Waals surface area contributed by atoms with Gasteiger partial charge >= 0.3 is 0 Å². The van der Waals surface area contributed by atoms with Gasteiger partial charge in [-0.1, -0.05) is 30.3 Å². The molecular weight excluding hydrogens is 318 g/mol. The molecule has 0 bridgehead atoms. The quantitative estimate of drug-likeness (QED) is 0.401. The minimum atomic E-state index is -0.235. The predicted molar refractivity (Wildman–Crippen MR) is 94.7 cm³/mol. The summed E-state index contributed by atoms with van der Waals surface area (Å²) in [4.78, 5) is 13.1. The third-order valence-corrected chi connectivity index (χ3v) is 4.60. The molecule has 24 heavy (non-hydrogen) atoms. The SMILES string of the molecule is Cc1ccsc1C(=O)/C(C#N)=C\c1cnn(Cc2ccccc2)c1. The molecule has 2 aromatic heterocycles. The van der Waals surface area contributed by atoms with Crippen LogP contribution in [0.15, 0.2) is 59.7 Å². The number of allylic oxidation sites excluding steroid dienone is 1. The van der Waals surface area contributed by atoms with Gasteiger partial charge in [-0.05, 0) is 35.6 Å². The van der Waals surface area contributed by atoms with Gasteiger partial charge in [0, 0.05) is 11.8 Å². The van der Waals surface area contributed by atoms with Crippen molar-refractivity contribution in [1.82, 2.24) is 9.78 Å². The fourth-order valence-corrected chi connectivity index (χ4v) is 3.23. The van der Waals surface area contributed by atoms with Crippen LogP contribution in [0, 0.1) is 18.3 Å². The molecule has 0 N–H and O–H groups in total. The van der Waals surface area contributed by atoms with Crippen molar-refractivity contribution in [1.29, 1.82) is 5.26 Å². The molecule has 0 spiro atoms. The van der Waals surface area contributed by atoms with Gasteiger partial charge in [-0.3, -0.25) is 9.48 Å². The van der Waals surface area contributed by atoms with Crippen LogP contribution < -0.4 is 0 Å². The molecule has 0 saturated carbocycles. The van der Waals surface area contributed by atoms with Crippen molar-refractivity contribution in [3.05, 3.63) is 81.3 Å². The summed E-state index contributed by atoms with van der Waals surface area (Å²) in [6.07, 6.45) is 5.09. The maximum Gasteiger partial charge on any atom is 0.213 e. The Kier molecular flexibility index (Phi) is 4.69. The standard InChI is InChI=1S/C19H15N3OS/c1-14-7-8-24-19(14)18(23)17(10-20)9-16-11-21-22(13-16)12-15-5-3-2-4-6-15/h2-9,11,13H,12H2,1H3/b17-9-. The fraction of sp³-hybridized carbons (Fsp3) is 0.105. The first-order chi connectivity index (χ1) is 11.7. The average Bonchev–Trinajstić information content (AvgIpc) is 3.22. The minimum Gasteiger partial charge on any atom is -0.287 e. The average molecular weight is 333 g/mol. The van der Waals surface area contributed by atoms with Crippen molar-refractivity contribution >= 4 is 23.2 Å². The van der Waals surface area contributed by atoms with Gasteiger partial charge in [-0.15, -0.1) is 11.3 Å². The summed E-state index contributed by atoms with van der Waals surface area (Å²) in [6, 6.07) is 13.9. The van der Waals surface area contributed by atoms with Gasteiger partial charge in [0.15, 0.2) is 0 Å². The molecule has 0 saturated heterocycles. The molecule has 0 atom stereocenters. The molecule has 2 heterocycles. The zero-order chi connectivity index (χ0) is 16.9. The first kappa shape index (κ1) is 15.9. The summed E-state index contributed by atoms with van der Waals surface area (Å²) in [5.74, 6) is -0.235. The number of aryl methyl sites for hydroxylation is 1. The number of aromatic nitrogens is 2. The van der Waals surface area contributed by atoms with Gasteiger partial charge in [-0.2, -0.15) is 10.4 Å². The second-order valence-corrected chi connectivity index (χ2v) is 6.30. The lowest BCUT2D eigenvalue weighted by Gasteiger charge is -2.00. The summed E-state index contributed by atoms with van der Waals surface area (Å²) >= 11 is 1.36. The number of ketones is 1. The van der Waals surface area contributed by atoms with Crippen molar-refractivity contribution in [2.24, 2.45) is 0 Å². The van der Waals surface area contributed by atoms with Crippen molar-refractivity contribution in [2.45, 2.75) is 13.5 Å². The molecule has 5 heteroatoms. The van der Waals surface area contributed by atoms with E-state index in [1.165, 1.54) is 11.3 Å². The number of benzene rings is 1. The number of nitriles is 1. The van der Waals surface area contributed by atoms with Crippen LogP contribution in [0.3, 0.4) is 0 Å². The molecule has 1 aromatic carbocycles. The highest BCUT2D eigenvalue weighted by molar-refractivity contribution is 7.12. The number of hydrogen-bond acceptors (Lipinski definition) is 4. The van der Waals surface area contributed by atoms with Crippen LogP contribution >= 0.6 is 11.3 Å².